The predicted octanol–water partition coefficient (Wildman–Crippen LogP) is 0.114. The predicted molar refractivity (Wildman–Crippen MR) is 62.9 cm³/mol. The second kappa shape index (κ2) is 4.69. The Bertz CT molecular complexity index is 567. The lowest BCUT2D eigenvalue weighted by atomic mass is 10.4. The van der Waals surface area contributed by atoms with Gasteiger partial charge in [0.2, 0.25) is 5.89 Å². The smallest absolute Gasteiger partial charge is 0.268 e. The van der Waals surface area contributed by atoms with Crippen LogP contribution in [0.2, 0.25) is 0 Å². The summed E-state index contributed by atoms with van der Waals surface area (Å²) in [6, 6.07) is 3.60. The van der Waals surface area contributed by atoms with Crippen LogP contribution in [-0.2, 0) is 6.42 Å². The van der Waals surface area contributed by atoms with Crippen LogP contribution in [0.25, 0.3) is 11.6 Å². The molecule has 2 heterocycles. The van der Waals surface area contributed by atoms with Crippen LogP contribution in [0.15, 0.2) is 21.3 Å². The molecule has 2 aromatic heterocycles. The minimum atomic E-state index is -0.257. The second-order valence-electron chi connectivity index (χ2n) is 4.29. The molecule has 0 radical (unpaired) electrons. The summed E-state index contributed by atoms with van der Waals surface area (Å²) in [6.45, 7) is 0.839. The number of rotatable bonds is 5. The molecule has 7 heteroatoms. The Morgan fingerprint density at radius 2 is 2.28 bits per heavy atom. The van der Waals surface area contributed by atoms with Gasteiger partial charge >= 0.3 is 0 Å². The van der Waals surface area contributed by atoms with Crippen molar-refractivity contribution in [2.45, 2.75) is 25.3 Å². The highest BCUT2D eigenvalue weighted by atomic mass is 16.4. The average molecular weight is 247 g/mol. The molecule has 1 saturated carbocycles. The molecule has 0 unspecified atom stereocenters. The van der Waals surface area contributed by atoms with Crippen molar-refractivity contribution < 1.29 is 4.42 Å². The first-order valence-corrected chi connectivity index (χ1v) is 5.93. The van der Waals surface area contributed by atoms with Crippen LogP contribution in [0.3, 0.4) is 0 Å². The summed E-state index contributed by atoms with van der Waals surface area (Å²) in [6.07, 6.45) is 3.22. The zero-order valence-corrected chi connectivity index (χ0v) is 9.72. The zero-order valence-electron chi connectivity index (χ0n) is 9.72. The number of aromatic amines is 1. The van der Waals surface area contributed by atoms with Gasteiger partial charge in [0.25, 0.3) is 11.4 Å². The first kappa shape index (κ1) is 11.1. The molecule has 0 atom stereocenters. The molecule has 0 saturated heterocycles. The summed E-state index contributed by atoms with van der Waals surface area (Å²) in [5.74, 6) is 0.902. The third-order valence-corrected chi connectivity index (χ3v) is 2.71. The molecule has 1 fully saturated rings. The van der Waals surface area contributed by atoms with Crippen molar-refractivity contribution in [1.82, 2.24) is 25.7 Å². The van der Waals surface area contributed by atoms with Crippen molar-refractivity contribution in [3.8, 4) is 11.6 Å². The second-order valence-corrected chi connectivity index (χ2v) is 4.29. The summed E-state index contributed by atoms with van der Waals surface area (Å²) < 4.78 is 5.47. The highest BCUT2D eigenvalue weighted by molar-refractivity contribution is 5.43. The van der Waals surface area contributed by atoms with Gasteiger partial charge in [0.1, 0.15) is 5.69 Å². The van der Waals surface area contributed by atoms with Crippen molar-refractivity contribution in [3.05, 3.63) is 28.4 Å². The molecule has 1 aliphatic carbocycles. The Hall–Kier alpha value is -2.02. The van der Waals surface area contributed by atoms with Crippen LogP contribution >= 0.6 is 0 Å². The Kier molecular flexibility index (Phi) is 2.89. The van der Waals surface area contributed by atoms with Gasteiger partial charge < -0.3 is 9.73 Å². The molecule has 1 aliphatic rings. The molecule has 0 bridgehead atoms. The highest BCUT2D eigenvalue weighted by Gasteiger charge is 2.20. The molecule has 18 heavy (non-hydrogen) atoms. The normalized spacial score (nSPS) is 14.9. The zero-order chi connectivity index (χ0) is 12.4. The van der Waals surface area contributed by atoms with Gasteiger partial charge in [-0.2, -0.15) is 5.10 Å². The molecule has 7 nitrogen and oxygen atoms in total. The van der Waals surface area contributed by atoms with Gasteiger partial charge in [0.15, 0.2) is 0 Å². The fourth-order valence-corrected chi connectivity index (χ4v) is 1.59. The van der Waals surface area contributed by atoms with E-state index in [0.717, 1.165) is 6.54 Å². The largest absolute Gasteiger partial charge is 0.419 e. The lowest BCUT2D eigenvalue weighted by Gasteiger charge is -1.97. The number of H-pyrrole nitrogens is 1. The first-order valence-electron chi connectivity index (χ1n) is 5.93. The maximum atomic E-state index is 10.9. The lowest BCUT2D eigenvalue weighted by Crippen LogP contribution is -2.19. The highest BCUT2D eigenvalue weighted by Crippen LogP contribution is 2.18. The van der Waals surface area contributed by atoms with Crippen LogP contribution in [0.1, 0.15) is 18.7 Å². The molecule has 2 aromatic rings. The molecule has 0 aromatic carbocycles. The van der Waals surface area contributed by atoms with Gasteiger partial charge in [0, 0.05) is 25.1 Å². The molecule has 0 spiro atoms. The van der Waals surface area contributed by atoms with Gasteiger partial charge in [-0.1, -0.05) is 0 Å². The number of nitrogens with one attached hydrogen (secondary N) is 2. The summed E-state index contributed by atoms with van der Waals surface area (Å²) in [7, 11) is 0. The van der Waals surface area contributed by atoms with E-state index in [9.17, 15) is 4.79 Å². The van der Waals surface area contributed by atoms with E-state index in [1.54, 1.807) is 6.07 Å². The molecular formula is C11H13N5O2. The quantitative estimate of drug-likeness (QED) is 0.778. The van der Waals surface area contributed by atoms with Crippen LogP contribution in [0.5, 0.6) is 0 Å². The minimum Gasteiger partial charge on any atom is -0.419 e. The van der Waals surface area contributed by atoms with E-state index in [1.165, 1.54) is 18.9 Å². The molecular weight excluding hydrogens is 234 g/mol. The van der Waals surface area contributed by atoms with Crippen LogP contribution < -0.4 is 10.9 Å². The van der Waals surface area contributed by atoms with Crippen molar-refractivity contribution in [1.29, 1.82) is 0 Å². The van der Waals surface area contributed by atoms with E-state index >= 15 is 0 Å². The van der Waals surface area contributed by atoms with Crippen molar-refractivity contribution in [2.75, 3.05) is 6.54 Å². The molecule has 0 aliphatic heterocycles. The standard InChI is InChI=1S/C11H13N5O2/c17-9-4-3-8(13-14-9)11-16-15-10(18-11)5-6-12-7-1-2-7/h3-4,7,12H,1-2,5-6H2,(H,14,17). The van der Waals surface area contributed by atoms with Crippen molar-refractivity contribution in [3.63, 3.8) is 0 Å². The van der Waals surface area contributed by atoms with Crippen LogP contribution in [0, 0.1) is 0 Å². The Labute approximate surface area is 103 Å². The molecule has 0 amide bonds. The maximum Gasteiger partial charge on any atom is 0.268 e. The minimum absolute atomic E-state index is 0.257. The third-order valence-electron chi connectivity index (χ3n) is 2.71. The Morgan fingerprint density at radius 1 is 1.39 bits per heavy atom. The van der Waals surface area contributed by atoms with Crippen LogP contribution in [0.4, 0.5) is 0 Å². The molecule has 2 N–H and O–H groups in total. The van der Waals surface area contributed by atoms with E-state index in [2.05, 4.69) is 25.7 Å². The van der Waals surface area contributed by atoms with Gasteiger partial charge in [-0.25, -0.2) is 5.10 Å². The topological polar surface area (TPSA) is 96.7 Å². The van der Waals surface area contributed by atoms with Gasteiger partial charge in [-0.3, -0.25) is 4.79 Å². The maximum absolute atomic E-state index is 10.9. The van der Waals surface area contributed by atoms with Crippen molar-refractivity contribution >= 4 is 0 Å². The van der Waals surface area contributed by atoms with E-state index in [-0.39, 0.29) is 5.56 Å². The summed E-state index contributed by atoms with van der Waals surface area (Å²) in [4.78, 5) is 10.9. The van der Waals surface area contributed by atoms with Gasteiger partial charge in [-0.05, 0) is 18.9 Å². The SMILES string of the molecule is O=c1ccc(-c2nnc(CCNC3CC3)o2)n[nH]1. The van der Waals surface area contributed by atoms with E-state index < -0.39 is 0 Å². The monoisotopic (exact) mass is 247 g/mol. The number of hydrogen-bond acceptors (Lipinski definition) is 6. The number of hydrogen-bond donors (Lipinski definition) is 2. The molecule has 94 valence electrons. The van der Waals surface area contributed by atoms with Crippen LogP contribution in [-0.4, -0.2) is 33.0 Å². The number of nitrogens with zero attached hydrogens (tertiary/aromatic N) is 3. The average Bonchev–Trinajstić information content (AvgIpc) is 3.08. The van der Waals surface area contributed by atoms with Crippen molar-refractivity contribution in [2.24, 2.45) is 0 Å². The third kappa shape index (κ3) is 2.62. The fourth-order valence-electron chi connectivity index (χ4n) is 1.59. The van der Waals surface area contributed by atoms with E-state index in [4.69, 9.17) is 4.42 Å². The number of aromatic nitrogens is 4. The first-order chi connectivity index (χ1) is 8.81. The summed E-state index contributed by atoms with van der Waals surface area (Å²) in [5.41, 5.74) is 0.218. The molecule has 3 rings (SSSR count). The lowest BCUT2D eigenvalue weighted by molar-refractivity contribution is 0.492. The summed E-state index contributed by atoms with van der Waals surface area (Å²) in [5, 5.41) is 17.4. The Morgan fingerprint density at radius 3 is 3.00 bits per heavy atom. The van der Waals surface area contributed by atoms with Gasteiger partial charge in [0.05, 0.1) is 0 Å². The van der Waals surface area contributed by atoms with E-state index in [1.807, 2.05) is 0 Å². The fraction of sp³-hybridized carbons (Fsp3) is 0.455. The van der Waals surface area contributed by atoms with E-state index in [0.29, 0.717) is 29.9 Å². The van der Waals surface area contributed by atoms with Gasteiger partial charge in [-0.15, -0.1) is 10.2 Å². The summed E-state index contributed by atoms with van der Waals surface area (Å²) >= 11 is 0. The Balaban J connectivity index is 1.64.